The summed E-state index contributed by atoms with van der Waals surface area (Å²) < 4.78 is 12.4. The zero-order valence-corrected chi connectivity index (χ0v) is 17.7. The molecule has 1 aromatic heterocycles. The summed E-state index contributed by atoms with van der Waals surface area (Å²) in [6.07, 6.45) is -0.290. The fourth-order valence-corrected chi connectivity index (χ4v) is 3.41. The number of carbonyl (C=O) groups excluding carboxylic acids is 2. The van der Waals surface area contributed by atoms with Gasteiger partial charge in [0.25, 0.3) is 0 Å². The highest BCUT2D eigenvalue weighted by molar-refractivity contribution is 7.99. The van der Waals surface area contributed by atoms with Crippen molar-refractivity contribution >= 4 is 29.3 Å². The second-order valence-electron chi connectivity index (χ2n) is 6.38. The van der Waals surface area contributed by atoms with Crippen molar-refractivity contribution in [3.8, 4) is 5.75 Å². The average Bonchev–Trinajstić information content (AvgIpc) is 3.13. The molecular weight excluding hydrogens is 404 g/mol. The molecule has 0 spiro atoms. The number of ether oxygens (including phenoxy) is 2. The molecule has 30 heavy (non-hydrogen) atoms. The number of aromatic nitrogens is 3. The monoisotopic (exact) mass is 426 g/mol. The van der Waals surface area contributed by atoms with E-state index in [1.807, 2.05) is 48.9 Å². The van der Waals surface area contributed by atoms with Crippen molar-refractivity contribution in [1.82, 2.24) is 14.8 Å². The zero-order valence-electron chi connectivity index (χ0n) is 16.9. The summed E-state index contributed by atoms with van der Waals surface area (Å²) in [6.45, 7) is 1.90. The quantitative estimate of drug-likeness (QED) is 0.435. The normalized spacial score (nSPS) is 11.6. The number of benzene rings is 2. The van der Waals surface area contributed by atoms with E-state index in [1.54, 1.807) is 24.3 Å². The first-order chi connectivity index (χ1) is 14.5. The highest BCUT2D eigenvalue weighted by Crippen LogP contribution is 2.23. The number of anilines is 1. The molecule has 8 nitrogen and oxygen atoms in total. The number of nitrogens with one attached hydrogen (secondary N) is 1. The van der Waals surface area contributed by atoms with Crippen molar-refractivity contribution in [1.29, 1.82) is 0 Å². The third-order valence-electron chi connectivity index (χ3n) is 4.21. The average molecular weight is 426 g/mol. The van der Waals surface area contributed by atoms with Crippen molar-refractivity contribution in [3.63, 3.8) is 0 Å². The van der Waals surface area contributed by atoms with E-state index < -0.39 is 5.97 Å². The lowest BCUT2D eigenvalue weighted by atomic mass is 10.2. The van der Waals surface area contributed by atoms with Crippen LogP contribution in [0.5, 0.6) is 5.75 Å². The lowest BCUT2D eigenvalue weighted by molar-refractivity contribution is -0.113. The molecule has 156 valence electrons. The maximum absolute atomic E-state index is 12.2. The zero-order chi connectivity index (χ0) is 21.5. The van der Waals surface area contributed by atoms with E-state index in [9.17, 15) is 9.59 Å². The number of carbonyl (C=O) groups is 2. The summed E-state index contributed by atoms with van der Waals surface area (Å²) in [5.74, 6) is 0.967. The molecule has 0 aliphatic rings. The molecule has 0 saturated carbocycles. The number of amides is 1. The molecule has 1 heterocycles. The number of para-hydroxylation sites is 1. The van der Waals surface area contributed by atoms with Crippen LogP contribution in [0.3, 0.4) is 0 Å². The maximum atomic E-state index is 12.2. The van der Waals surface area contributed by atoms with Gasteiger partial charge in [-0.1, -0.05) is 30.0 Å². The van der Waals surface area contributed by atoms with Crippen molar-refractivity contribution in [2.24, 2.45) is 7.05 Å². The van der Waals surface area contributed by atoms with Crippen LogP contribution < -0.4 is 10.1 Å². The molecule has 1 amide bonds. The fourth-order valence-electron chi connectivity index (χ4n) is 2.70. The standard InChI is InChI=1S/C21H22N4O4S/c1-14(29-17-7-5-4-6-8-17)19-23-24-21(25(19)2)30-13-18(26)22-16-11-9-15(10-12-16)20(27)28-3/h4-12,14H,13H2,1-3H3,(H,22,26)/t14-/m1/s1. The molecule has 3 rings (SSSR count). The van der Waals surface area contributed by atoms with Crippen molar-refractivity contribution < 1.29 is 19.1 Å². The van der Waals surface area contributed by atoms with Crippen LogP contribution in [0.2, 0.25) is 0 Å². The molecule has 0 radical (unpaired) electrons. The van der Waals surface area contributed by atoms with Crippen LogP contribution in [0.15, 0.2) is 59.8 Å². The molecule has 1 atom stereocenters. The first kappa shape index (κ1) is 21.4. The Morgan fingerprint density at radius 3 is 2.47 bits per heavy atom. The van der Waals surface area contributed by atoms with Gasteiger partial charge in [-0.3, -0.25) is 4.79 Å². The largest absolute Gasteiger partial charge is 0.483 e. The number of methoxy groups -OCH3 is 1. The summed E-state index contributed by atoms with van der Waals surface area (Å²) in [5, 5.41) is 11.8. The highest BCUT2D eigenvalue weighted by atomic mass is 32.2. The molecule has 0 aliphatic heterocycles. The van der Waals surface area contributed by atoms with Gasteiger partial charge in [0.2, 0.25) is 5.91 Å². The van der Waals surface area contributed by atoms with Gasteiger partial charge in [-0.05, 0) is 43.3 Å². The Kier molecular flexibility index (Phi) is 7.08. The molecular formula is C21H22N4O4S. The second kappa shape index (κ2) is 9.93. The summed E-state index contributed by atoms with van der Waals surface area (Å²) in [5.41, 5.74) is 1.01. The van der Waals surface area contributed by atoms with E-state index in [4.69, 9.17) is 4.74 Å². The molecule has 3 aromatic rings. The number of rotatable bonds is 8. The van der Waals surface area contributed by atoms with Crippen molar-refractivity contribution in [2.45, 2.75) is 18.2 Å². The molecule has 2 aromatic carbocycles. The van der Waals surface area contributed by atoms with Gasteiger partial charge in [0.15, 0.2) is 17.1 Å². The minimum atomic E-state index is -0.424. The summed E-state index contributed by atoms with van der Waals surface area (Å²) in [4.78, 5) is 23.7. The van der Waals surface area contributed by atoms with E-state index in [0.717, 1.165) is 5.75 Å². The number of esters is 1. The number of nitrogens with zero attached hydrogens (tertiary/aromatic N) is 3. The van der Waals surface area contributed by atoms with Crippen LogP contribution in [0.25, 0.3) is 0 Å². The van der Waals surface area contributed by atoms with E-state index in [1.165, 1.54) is 18.9 Å². The van der Waals surface area contributed by atoms with E-state index >= 15 is 0 Å². The van der Waals surface area contributed by atoms with Gasteiger partial charge in [-0.25, -0.2) is 4.79 Å². The second-order valence-corrected chi connectivity index (χ2v) is 7.32. The molecule has 9 heteroatoms. The Morgan fingerprint density at radius 1 is 1.10 bits per heavy atom. The van der Waals surface area contributed by atoms with Gasteiger partial charge in [0, 0.05) is 12.7 Å². The summed E-state index contributed by atoms with van der Waals surface area (Å²) >= 11 is 1.28. The smallest absolute Gasteiger partial charge is 0.337 e. The lowest BCUT2D eigenvalue weighted by Gasteiger charge is -2.14. The Morgan fingerprint density at radius 2 is 1.80 bits per heavy atom. The third-order valence-corrected chi connectivity index (χ3v) is 5.23. The van der Waals surface area contributed by atoms with Crippen LogP contribution in [0.1, 0.15) is 29.2 Å². The maximum Gasteiger partial charge on any atom is 0.337 e. The molecule has 0 bridgehead atoms. The molecule has 0 aliphatic carbocycles. The lowest BCUT2D eigenvalue weighted by Crippen LogP contribution is -2.15. The van der Waals surface area contributed by atoms with Gasteiger partial charge < -0.3 is 19.4 Å². The van der Waals surface area contributed by atoms with Crippen LogP contribution in [0.4, 0.5) is 5.69 Å². The van der Waals surface area contributed by atoms with Crippen LogP contribution in [-0.4, -0.2) is 39.5 Å². The Balaban J connectivity index is 1.54. The van der Waals surface area contributed by atoms with E-state index in [0.29, 0.717) is 22.2 Å². The van der Waals surface area contributed by atoms with Crippen LogP contribution in [-0.2, 0) is 16.6 Å². The summed E-state index contributed by atoms with van der Waals surface area (Å²) in [7, 11) is 3.16. The Labute approximate surface area is 178 Å². The fraction of sp³-hybridized carbons (Fsp3) is 0.238. The Bertz CT molecular complexity index is 1010. The molecule has 0 saturated heterocycles. The number of hydrogen-bond acceptors (Lipinski definition) is 7. The van der Waals surface area contributed by atoms with Crippen molar-refractivity contribution in [2.75, 3.05) is 18.2 Å². The first-order valence-electron chi connectivity index (χ1n) is 9.20. The van der Waals surface area contributed by atoms with Crippen LogP contribution in [0, 0.1) is 0 Å². The third kappa shape index (κ3) is 5.38. The minimum Gasteiger partial charge on any atom is -0.483 e. The molecule has 1 N–H and O–H groups in total. The molecule has 0 fully saturated rings. The number of hydrogen-bond donors (Lipinski definition) is 1. The van der Waals surface area contributed by atoms with Crippen LogP contribution >= 0.6 is 11.8 Å². The number of thioether (sulfide) groups is 1. The van der Waals surface area contributed by atoms with E-state index in [-0.39, 0.29) is 17.8 Å². The van der Waals surface area contributed by atoms with Gasteiger partial charge in [-0.15, -0.1) is 10.2 Å². The first-order valence-corrected chi connectivity index (χ1v) is 10.2. The van der Waals surface area contributed by atoms with Gasteiger partial charge >= 0.3 is 5.97 Å². The highest BCUT2D eigenvalue weighted by Gasteiger charge is 2.18. The van der Waals surface area contributed by atoms with Crippen molar-refractivity contribution in [3.05, 3.63) is 66.0 Å². The SMILES string of the molecule is COC(=O)c1ccc(NC(=O)CSc2nnc([C@@H](C)Oc3ccccc3)n2C)cc1. The predicted molar refractivity (Wildman–Crippen MR) is 114 cm³/mol. The minimum absolute atomic E-state index is 0.165. The Hall–Kier alpha value is -3.33. The van der Waals surface area contributed by atoms with Gasteiger partial charge in [0.1, 0.15) is 5.75 Å². The summed E-state index contributed by atoms with van der Waals surface area (Å²) in [6, 6.07) is 16.0. The van der Waals surface area contributed by atoms with Gasteiger partial charge in [0.05, 0.1) is 18.4 Å². The predicted octanol–water partition coefficient (Wildman–Crippen LogP) is 3.47. The van der Waals surface area contributed by atoms with E-state index in [2.05, 4.69) is 20.3 Å². The van der Waals surface area contributed by atoms with Gasteiger partial charge in [-0.2, -0.15) is 0 Å². The topological polar surface area (TPSA) is 95.3 Å². The molecule has 0 unspecified atom stereocenters.